The van der Waals surface area contributed by atoms with E-state index in [2.05, 4.69) is 44.3 Å². The van der Waals surface area contributed by atoms with Gasteiger partial charge in [0, 0.05) is 30.7 Å². The third kappa shape index (κ3) is 5.13. The highest BCUT2D eigenvalue weighted by Gasteiger charge is 2.36. The number of fused-ring (bicyclic) bond motifs is 1. The topological polar surface area (TPSA) is 71.2 Å². The van der Waals surface area contributed by atoms with E-state index in [1.165, 1.54) is 55.3 Å². The summed E-state index contributed by atoms with van der Waals surface area (Å²) in [6.45, 7) is 3.81. The highest BCUT2D eigenvalue weighted by Crippen LogP contribution is 2.42. The molecule has 39 heavy (non-hydrogen) atoms. The molecule has 1 N–H and O–H groups in total. The molecule has 0 aliphatic carbocycles. The molecule has 0 saturated carbocycles. The van der Waals surface area contributed by atoms with Gasteiger partial charge in [0.2, 0.25) is 5.95 Å². The van der Waals surface area contributed by atoms with Crippen molar-refractivity contribution in [3.05, 3.63) is 71.1 Å². The lowest BCUT2D eigenvalue weighted by Gasteiger charge is -2.46. The maximum Gasteiger partial charge on any atom is 0.278 e. The molecule has 10 heteroatoms. The number of hydrogen-bond acceptors (Lipinski definition) is 6. The zero-order valence-electron chi connectivity index (χ0n) is 22.1. The molecular weight excluding hydrogens is 500 g/mol. The van der Waals surface area contributed by atoms with E-state index in [1.807, 2.05) is 18.2 Å². The number of para-hydroxylation sites is 1. The molecule has 6 rings (SSSR count). The minimum absolute atomic E-state index is 0.188. The highest BCUT2D eigenvalue weighted by molar-refractivity contribution is 5.77. The van der Waals surface area contributed by atoms with Crippen molar-refractivity contribution in [2.24, 2.45) is 5.41 Å². The Bertz CT molecular complexity index is 1480. The molecule has 0 radical (unpaired) electrons. The molecule has 4 heterocycles. The molecular formula is C29H33F2N7O. The van der Waals surface area contributed by atoms with Crippen molar-refractivity contribution >= 4 is 28.4 Å². The predicted molar refractivity (Wildman–Crippen MR) is 149 cm³/mol. The van der Waals surface area contributed by atoms with Gasteiger partial charge < -0.3 is 15.1 Å². The fourth-order valence-electron chi connectivity index (χ4n) is 5.93. The summed E-state index contributed by atoms with van der Waals surface area (Å²) < 4.78 is 29.1. The van der Waals surface area contributed by atoms with E-state index >= 15 is 0 Å². The molecule has 2 aliphatic rings. The average molecular weight is 534 g/mol. The standard InChI is InChI=1S/C29H33F2N7O/c1-35-15-11-29(12-16-35)13-17-36(18-14-29)22-9-7-21(8-10-22)33-28-32-19-24-26(34-28)38(23-5-3-2-4-6-23)37(27(24)39)20-25(30)31/h2-10,19,25H,11-18,20H2,1H3,(H,32,33,34). The Morgan fingerprint density at radius 1 is 0.923 bits per heavy atom. The molecule has 0 unspecified atom stereocenters. The first-order valence-corrected chi connectivity index (χ1v) is 13.5. The summed E-state index contributed by atoms with van der Waals surface area (Å²) in [5, 5.41) is 3.39. The van der Waals surface area contributed by atoms with E-state index < -0.39 is 18.5 Å². The second-order valence-electron chi connectivity index (χ2n) is 10.8. The maximum atomic E-state index is 13.3. The van der Waals surface area contributed by atoms with Gasteiger partial charge in [0.25, 0.3) is 12.0 Å². The van der Waals surface area contributed by atoms with Crippen molar-refractivity contribution in [2.45, 2.75) is 38.7 Å². The quantitative estimate of drug-likeness (QED) is 0.380. The third-order valence-electron chi connectivity index (χ3n) is 8.35. The van der Waals surface area contributed by atoms with E-state index in [9.17, 15) is 13.6 Å². The van der Waals surface area contributed by atoms with E-state index in [-0.39, 0.29) is 17.0 Å². The number of aromatic nitrogens is 4. The largest absolute Gasteiger partial charge is 0.371 e. The predicted octanol–water partition coefficient (Wildman–Crippen LogP) is 4.90. The minimum atomic E-state index is -2.69. The van der Waals surface area contributed by atoms with Crippen LogP contribution in [0.3, 0.4) is 0 Å². The second kappa shape index (κ2) is 10.4. The number of alkyl halides is 2. The monoisotopic (exact) mass is 533 g/mol. The summed E-state index contributed by atoms with van der Waals surface area (Å²) in [6, 6.07) is 17.1. The van der Waals surface area contributed by atoms with Crippen molar-refractivity contribution < 1.29 is 8.78 Å². The minimum Gasteiger partial charge on any atom is -0.371 e. The van der Waals surface area contributed by atoms with Crippen LogP contribution < -0.4 is 15.8 Å². The van der Waals surface area contributed by atoms with Gasteiger partial charge in [0.05, 0.1) is 5.69 Å². The summed E-state index contributed by atoms with van der Waals surface area (Å²) in [4.78, 5) is 26.7. The Morgan fingerprint density at radius 2 is 1.59 bits per heavy atom. The van der Waals surface area contributed by atoms with Gasteiger partial charge in [-0.1, -0.05) is 18.2 Å². The first-order chi connectivity index (χ1) is 18.9. The van der Waals surface area contributed by atoms with Crippen LogP contribution in [0.5, 0.6) is 0 Å². The SMILES string of the molecule is CN1CCC2(CC1)CCN(c1ccc(Nc3ncc4c(=O)n(CC(F)F)n(-c5ccccc5)c4n3)cc1)CC2. The first-order valence-electron chi connectivity index (χ1n) is 13.5. The Labute approximate surface area is 225 Å². The molecule has 0 bridgehead atoms. The van der Waals surface area contributed by atoms with Crippen LogP contribution >= 0.6 is 0 Å². The van der Waals surface area contributed by atoms with Gasteiger partial charge in [-0.25, -0.2) is 23.1 Å². The third-order valence-corrected chi connectivity index (χ3v) is 8.35. The molecule has 2 aromatic heterocycles. The van der Waals surface area contributed by atoms with Gasteiger partial charge >= 0.3 is 0 Å². The summed E-state index contributed by atoms with van der Waals surface area (Å²) in [5.74, 6) is 0.288. The number of hydrogen-bond donors (Lipinski definition) is 1. The van der Waals surface area contributed by atoms with E-state index in [0.29, 0.717) is 11.1 Å². The number of halogens is 2. The van der Waals surface area contributed by atoms with Crippen LogP contribution in [0, 0.1) is 5.41 Å². The van der Waals surface area contributed by atoms with Crippen molar-refractivity contribution in [1.29, 1.82) is 0 Å². The maximum absolute atomic E-state index is 13.3. The zero-order chi connectivity index (χ0) is 27.0. The molecule has 2 aliphatic heterocycles. The van der Waals surface area contributed by atoms with Gasteiger partial charge in [-0.2, -0.15) is 4.98 Å². The summed E-state index contributed by atoms with van der Waals surface area (Å²) >= 11 is 0. The van der Waals surface area contributed by atoms with Gasteiger partial charge in [0.15, 0.2) is 5.65 Å². The van der Waals surface area contributed by atoms with Gasteiger partial charge in [0.1, 0.15) is 11.9 Å². The van der Waals surface area contributed by atoms with Crippen molar-refractivity contribution in [3.63, 3.8) is 0 Å². The molecule has 2 fully saturated rings. The normalized spacial score (nSPS) is 17.8. The lowest BCUT2D eigenvalue weighted by Crippen LogP contribution is -2.46. The Kier molecular flexibility index (Phi) is 6.80. The number of nitrogens with zero attached hydrogens (tertiary/aromatic N) is 6. The molecule has 2 aromatic carbocycles. The number of likely N-dealkylation sites (tertiary alicyclic amines) is 1. The fraction of sp³-hybridized carbons (Fsp3) is 0.414. The molecule has 0 amide bonds. The van der Waals surface area contributed by atoms with Crippen LogP contribution in [0.2, 0.25) is 0 Å². The van der Waals surface area contributed by atoms with E-state index in [1.54, 1.807) is 24.3 Å². The zero-order valence-corrected chi connectivity index (χ0v) is 22.1. The number of benzene rings is 2. The number of piperidine rings is 2. The Hall–Kier alpha value is -3.79. The molecule has 2 saturated heterocycles. The van der Waals surface area contributed by atoms with Crippen molar-refractivity contribution in [3.8, 4) is 5.69 Å². The van der Waals surface area contributed by atoms with Gasteiger partial charge in [-0.05, 0) is 87.6 Å². The average Bonchev–Trinajstić information content (AvgIpc) is 3.22. The summed E-state index contributed by atoms with van der Waals surface area (Å²) in [6.07, 6.45) is 3.79. The summed E-state index contributed by atoms with van der Waals surface area (Å²) in [7, 11) is 2.21. The van der Waals surface area contributed by atoms with Gasteiger partial charge in [-0.15, -0.1) is 0 Å². The summed E-state index contributed by atoms with van der Waals surface area (Å²) in [5.41, 5.74) is 2.81. The van der Waals surface area contributed by atoms with Crippen LogP contribution in [-0.2, 0) is 6.54 Å². The lowest BCUT2D eigenvalue weighted by molar-refractivity contribution is 0.0945. The molecule has 204 valence electrons. The number of rotatable bonds is 6. The Morgan fingerprint density at radius 3 is 2.26 bits per heavy atom. The lowest BCUT2D eigenvalue weighted by atomic mass is 9.71. The fourth-order valence-corrected chi connectivity index (χ4v) is 5.93. The van der Waals surface area contributed by atoms with Crippen LogP contribution in [0.25, 0.3) is 16.7 Å². The van der Waals surface area contributed by atoms with Crippen LogP contribution in [0.1, 0.15) is 25.7 Å². The smallest absolute Gasteiger partial charge is 0.278 e. The highest BCUT2D eigenvalue weighted by atomic mass is 19.3. The molecule has 8 nitrogen and oxygen atoms in total. The molecule has 0 atom stereocenters. The van der Waals surface area contributed by atoms with Crippen LogP contribution in [0.4, 0.5) is 26.1 Å². The van der Waals surface area contributed by atoms with E-state index in [4.69, 9.17) is 0 Å². The van der Waals surface area contributed by atoms with Gasteiger partial charge in [-0.3, -0.25) is 4.79 Å². The second-order valence-corrected chi connectivity index (χ2v) is 10.8. The first kappa shape index (κ1) is 25.5. The van der Waals surface area contributed by atoms with Crippen LogP contribution in [0.15, 0.2) is 65.6 Å². The van der Waals surface area contributed by atoms with Crippen molar-refractivity contribution in [2.75, 3.05) is 43.4 Å². The molecule has 1 spiro atoms. The number of nitrogens with one attached hydrogen (secondary N) is 1. The molecule has 4 aromatic rings. The van der Waals surface area contributed by atoms with E-state index in [0.717, 1.165) is 23.5 Å². The van der Waals surface area contributed by atoms with Crippen LogP contribution in [-0.4, -0.2) is 63.9 Å². The van der Waals surface area contributed by atoms with Crippen molar-refractivity contribution in [1.82, 2.24) is 24.2 Å². The number of anilines is 3. The Balaban J connectivity index is 1.21.